The molecule has 8 heteroatoms. The number of nitrogens with one attached hydrogen (secondary N) is 1. The van der Waals surface area contributed by atoms with Crippen LogP contribution < -0.4 is 5.32 Å². The molecule has 0 unspecified atom stereocenters. The van der Waals surface area contributed by atoms with Crippen molar-refractivity contribution in [3.05, 3.63) is 107 Å². The molecule has 0 aliphatic heterocycles. The summed E-state index contributed by atoms with van der Waals surface area (Å²) < 4.78 is 42.3. The van der Waals surface area contributed by atoms with Gasteiger partial charge in [-0.05, 0) is 61.3 Å². The maximum atomic E-state index is 13.7. The highest BCUT2D eigenvalue weighted by Gasteiger charge is 2.39. The zero-order valence-corrected chi connectivity index (χ0v) is 21.8. The van der Waals surface area contributed by atoms with Gasteiger partial charge < -0.3 is 5.32 Å². The van der Waals surface area contributed by atoms with Crippen LogP contribution in [0.5, 0.6) is 0 Å². The lowest BCUT2D eigenvalue weighted by Gasteiger charge is -2.22. The van der Waals surface area contributed by atoms with Crippen LogP contribution in [-0.4, -0.2) is 20.7 Å². The highest BCUT2D eigenvalue weighted by Crippen LogP contribution is 2.36. The van der Waals surface area contributed by atoms with Gasteiger partial charge in [0.1, 0.15) is 6.54 Å². The maximum absolute atomic E-state index is 13.7. The van der Waals surface area contributed by atoms with Crippen molar-refractivity contribution in [1.82, 2.24) is 20.1 Å². The second-order valence-electron chi connectivity index (χ2n) is 9.93. The van der Waals surface area contributed by atoms with Crippen LogP contribution in [0.2, 0.25) is 0 Å². The average Bonchev–Trinajstić information content (AvgIpc) is 3.32. The van der Waals surface area contributed by atoms with Gasteiger partial charge in [-0.15, -0.1) is 0 Å². The van der Waals surface area contributed by atoms with E-state index in [9.17, 15) is 18.0 Å². The Kier molecular flexibility index (Phi) is 7.82. The Balaban J connectivity index is 1.46. The molecule has 4 aromatic rings. The minimum absolute atomic E-state index is 0.227. The van der Waals surface area contributed by atoms with Gasteiger partial charge in [-0.25, -0.2) is 0 Å². The number of hydrogen-bond donors (Lipinski definition) is 1. The van der Waals surface area contributed by atoms with Gasteiger partial charge in [0, 0.05) is 23.0 Å². The molecule has 1 aliphatic rings. The zero-order chi connectivity index (χ0) is 27.4. The lowest BCUT2D eigenvalue weighted by Crippen LogP contribution is -2.34. The Morgan fingerprint density at radius 3 is 2.44 bits per heavy atom. The Bertz CT molecular complexity index is 1430. The van der Waals surface area contributed by atoms with Gasteiger partial charge in [-0.3, -0.25) is 14.5 Å². The van der Waals surface area contributed by atoms with Crippen LogP contribution in [0.15, 0.2) is 72.9 Å². The van der Waals surface area contributed by atoms with Crippen LogP contribution in [-0.2, 0) is 43.2 Å². The average molecular weight is 533 g/mol. The molecule has 1 N–H and O–H groups in total. The van der Waals surface area contributed by atoms with Crippen molar-refractivity contribution in [3.63, 3.8) is 0 Å². The summed E-state index contributed by atoms with van der Waals surface area (Å²) in [6.07, 6.45) is 0.845. The summed E-state index contributed by atoms with van der Waals surface area (Å²) in [4.78, 5) is 18.1. The van der Waals surface area contributed by atoms with Crippen molar-refractivity contribution in [1.29, 1.82) is 0 Å². The molecule has 0 spiro atoms. The lowest BCUT2D eigenvalue weighted by molar-refractivity contribution is -0.142. The number of carbonyl (C=O) groups excluding carboxylic acids is 1. The van der Waals surface area contributed by atoms with E-state index in [0.717, 1.165) is 29.5 Å². The molecule has 0 saturated carbocycles. The molecule has 2 heterocycles. The maximum Gasteiger partial charge on any atom is 0.435 e. The molecule has 2 aromatic heterocycles. The van der Waals surface area contributed by atoms with Crippen LogP contribution in [0, 0.1) is 0 Å². The summed E-state index contributed by atoms with van der Waals surface area (Å²) in [5, 5.41) is 6.94. The third-order valence-electron chi connectivity index (χ3n) is 7.28. The highest BCUT2D eigenvalue weighted by molar-refractivity contribution is 5.77. The van der Waals surface area contributed by atoms with E-state index in [2.05, 4.69) is 46.6 Å². The molecule has 5 rings (SSSR count). The van der Waals surface area contributed by atoms with E-state index >= 15 is 0 Å². The van der Waals surface area contributed by atoms with Gasteiger partial charge in [0.2, 0.25) is 5.91 Å². The Morgan fingerprint density at radius 2 is 1.72 bits per heavy atom. The van der Waals surface area contributed by atoms with Crippen LogP contribution in [0.3, 0.4) is 0 Å². The number of benzene rings is 2. The normalized spacial score (nSPS) is 14.1. The number of pyridine rings is 1. The molecule has 1 aliphatic carbocycles. The third kappa shape index (κ3) is 6.05. The fourth-order valence-electron chi connectivity index (χ4n) is 5.33. The first kappa shape index (κ1) is 26.7. The predicted octanol–water partition coefficient (Wildman–Crippen LogP) is 6.51. The van der Waals surface area contributed by atoms with Gasteiger partial charge in [-0.1, -0.05) is 67.6 Å². The molecule has 0 bridgehead atoms. The number of carbonyl (C=O) groups is 1. The molecule has 0 saturated heterocycles. The van der Waals surface area contributed by atoms with E-state index in [1.54, 1.807) is 6.20 Å². The number of aryl methyl sites for hydroxylation is 1. The molecule has 1 atom stereocenters. The molecular weight excluding hydrogens is 501 g/mol. The van der Waals surface area contributed by atoms with E-state index < -0.39 is 23.8 Å². The van der Waals surface area contributed by atoms with Crippen LogP contribution in [0.25, 0.3) is 11.1 Å². The number of nitrogens with zero attached hydrogens (tertiary/aromatic N) is 3. The standard InChI is InChI=1S/C31H31F3N4O/c1-2-21-14-16-23(17-15-21)24-12-8-18-35-29(24)26(19-22-9-4-3-5-10-22)36-28(39)20-38-27-13-7-6-11-25(27)30(37-38)31(32,33)34/h3-5,8-10,12,14-18,26H,2,6-7,11,13,19-20H2,1H3,(H,36,39)/t26-/m0/s1. The number of hydrogen-bond acceptors (Lipinski definition) is 3. The first-order chi connectivity index (χ1) is 18.8. The lowest BCUT2D eigenvalue weighted by atomic mass is 9.94. The molecule has 39 heavy (non-hydrogen) atoms. The molecule has 0 radical (unpaired) electrons. The first-order valence-corrected chi connectivity index (χ1v) is 13.4. The fraction of sp³-hybridized carbons (Fsp3) is 0.323. The van der Waals surface area contributed by atoms with Crippen molar-refractivity contribution < 1.29 is 18.0 Å². The third-order valence-corrected chi connectivity index (χ3v) is 7.28. The number of rotatable bonds is 8. The summed E-state index contributed by atoms with van der Waals surface area (Å²) in [6, 6.07) is 21.4. The number of alkyl halides is 3. The van der Waals surface area contributed by atoms with Gasteiger partial charge in [0.15, 0.2) is 5.69 Å². The highest BCUT2D eigenvalue weighted by atomic mass is 19.4. The smallest absolute Gasteiger partial charge is 0.346 e. The largest absolute Gasteiger partial charge is 0.435 e. The first-order valence-electron chi connectivity index (χ1n) is 13.4. The van der Waals surface area contributed by atoms with Crippen molar-refractivity contribution in [2.75, 3.05) is 0 Å². The summed E-state index contributed by atoms with van der Waals surface area (Å²) in [6.45, 7) is 1.82. The van der Waals surface area contributed by atoms with Gasteiger partial charge in [-0.2, -0.15) is 18.3 Å². The minimum Gasteiger partial charge on any atom is -0.346 e. The number of amides is 1. The van der Waals surface area contributed by atoms with Gasteiger partial charge in [0.05, 0.1) is 11.7 Å². The molecule has 0 fully saturated rings. The summed E-state index contributed by atoms with van der Waals surface area (Å²) in [7, 11) is 0. The molecular formula is C31H31F3N4O. The summed E-state index contributed by atoms with van der Waals surface area (Å²) >= 11 is 0. The summed E-state index contributed by atoms with van der Waals surface area (Å²) in [5.74, 6) is -0.404. The Hall–Kier alpha value is -3.94. The molecule has 1 amide bonds. The predicted molar refractivity (Wildman–Crippen MR) is 144 cm³/mol. The Morgan fingerprint density at radius 1 is 0.974 bits per heavy atom. The Labute approximate surface area is 226 Å². The van der Waals surface area contributed by atoms with Crippen LogP contribution in [0.1, 0.15) is 59.6 Å². The number of halogens is 3. The van der Waals surface area contributed by atoms with E-state index in [1.807, 2.05) is 42.5 Å². The minimum atomic E-state index is -4.55. The van der Waals surface area contributed by atoms with Gasteiger partial charge in [0.25, 0.3) is 0 Å². The van der Waals surface area contributed by atoms with Crippen molar-refractivity contribution >= 4 is 5.91 Å². The molecule has 5 nitrogen and oxygen atoms in total. The van der Waals surface area contributed by atoms with Crippen LogP contribution in [0.4, 0.5) is 13.2 Å². The summed E-state index contributed by atoms with van der Waals surface area (Å²) in [5.41, 5.74) is 4.69. The monoisotopic (exact) mass is 532 g/mol. The number of fused-ring (bicyclic) bond motifs is 1. The zero-order valence-electron chi connectivity index (χ0n) is 21.8. The van der Waals surface area contributed by atoms with Gasteiger partial charge >= 0.3 is 6.18 Å². The van der Waals surface area contributed by atoms with Crippen molar-refractivity contribution in [2.45, 2.75) is 64.2 Å². The second kappa shape index (κ2) is 11.4. The van der Waals surface area contributed by atoms with Crippen molar-refractivity contribution in [2.24, 2.45) is 0 Å². The molecule has 202 valence electrons. The number of aromatic nitrogens is 3. The van der Waals surface area contributed by atoms with E-state index in [1.165, 1.54) is 10.2 Å². The van der Waals surface area contributed by atoms with E-state index in [0.29, 0.717) is 37.1 Å². The quantitative estimate of drug-likeness (QED) is 0.282. The fourth-order valence-corrected chi connectivity index (χ4v) is 5.33. The topological polar surface area (TPSA) is 59.8 Å². The second-order valence-corrected chi connectivity index (χ2v) is 9.93. The molecule has 2 aromatic carbocycles. The van der Waals surface area contributed by atoms with Crippen molar-refractivity contribution in [3.8, 4) is 11.1 Å². The van der Waals surface area contributed by atoms with Crippen LogP contribution >= 0.6 is 0 Å². The van der Waals surface area contributed by atoms with E-state index in [-0.39, 0.29) is 12.1 Å². The van der Waals surface area contributed by atoms with E-state index in [4.69, 9.17) is 0 Å². The SMILES string of the molecule is CCc1ccc(-c2cccnc2[C@H](Cc2ccccc2)NC(=O)Cn2nc(C(F)(F)F)c3c2CCCC3)cc1.